The van der Waals surface area contributed by atoms with Crippen LogP contribution < -0.4 is 19.9 Å². The molecule has 1 aromatic carbocycles. The Morgan fingerprint density at radius 1 is 1.00 bits per heavy atom. The maximum absolute atomic E-state index is 13.8. The maximum atomic E-state index is 13.8. The van der Waals surface area contributed by atoms with Crippen LogP contribution in [0.3, 0.4) is 0 Å². The molecular weight excluding hydrogens is 634 g/mol. The highest BCUT2D eigenvalue weighted by molar-refractivity contribution is 5.90. The first-order chi connectivity index (χ1) is 22.2. The van der Waals surface area contributed by atoms with Crippen LogP contribution in [0.5, 0.6) is 5.88 Å². The minimum Gasteiger partial charge on any atom is -0.481 e. The number of fused-ring (bicyclic) bond motifs is 1. The zero-order valence-electron chi connectivity index (χ0n) is 26.1. The fourth-order valence-corrected chi connectivity index (χ4v) is 5.38. The second-order valence-electron chi connectivity index (χ2n) is 10.7. The van der Waals surface area contributed by atoms with Crippen molar-refractivity contribution >= 4 is 23.6 Å². The van der Waals surface area contributed by atoms with E-state index in [1.807, 2.05) is 6.92 Å². The number of aromatic nitrogens is 3. The van der Waals surface area contributed by atoms with Crippen LogP contribution in [0.1, 0.15) is 67.1 Å². The van der Waals surface area contributed by atoms with Gasteiger partial charge in [0.05, 0.1) is 42.3 Å². The van der Waals surface area contributed by atoms with E-state index in [1.54, 1.807) is 13.0 Å². The SMILES string of the molecule is CCOC(=O)N1c2ccc(OC)nc2[C@@H](N(Cc2cc(C(F)(F)F)cc(C(F)(F)F)c2)c2ncc(CCC(=O)NC)cn2)C[C@H]1CC. The monoisotopic (exact) mass is 668 g/mol. The van der Waals surface area contributed by atoms with Gasteiger partial charge in [0.2, 0.25) is 17.7 Å². The summed E-state index contributed by atoms with van der Waals surface area (Å²) in [7, 11) is 2.87. The molecule has 1 aliphatic rings. The molecule has 2 amide bonds. The van der Waals surface area contributed by atoms with Crippen molar-refractivity contribution in [2.45, 2.75) is 70.5 Å². The number of pyridine rings is 1. The third kappa shape index (κ3) is 8.21. The van der Waals surface area contributed by atoms with Crippen molar-refractivity contribution in [3.63, 3.8) is 0 Å². The topological polar surface area (TPSA) is 110 Å². The van der Waals surface area contributed by atoms with Crippen LogP contribution in [0.2, 0.25) is 0 Å². The van der Waals surface area contributed by atoms with E-state index in [0.29, 0.717) is 36.2 Å². The first-order valence-corrected chi connectivity index (χ1v) is 14.8. The predicted molar refractivity (Wildman–Crippen MR) is 159 cm³/mol. The van der Waals surface area contributed by atoms with Crippen LogP contribution in [-0.2, 0) is 34.8 Å². The lowest BCUT2D eigenvalue weighted by atomic mass is 9.92. The molecule has 16 heteroatoms. The van der Waals surface area contributed by atoms with Gasteiger partial charge in [0, 0.05) is 44.5 Å². The summed E-state index contributed by atoms with van der Waals surface area (Å²) in [6.07, 6.45) is -6.85. The van der Waals surface area contributed by atoms with Gasteiger partial charge in [-0.15, -0.1) is 0 Å². The predicted octanol–water partition coefficient (Wildman–Crippen LogP) is 6.49. The highest BCUT2D eigenvalue weighted by Gasteiger charge is 2.42. The zero-order valence-corrected chi connectivity index (χ0v) is 26.1. The molecule has 0 saturated heterocycles. The Labute approximate surface area is 267 Å². The number of nitrogens with zero attached hydrogens (tertiary/aromatic N) is 5. The van der Waals surface area contributed by atoms with Gasteiger partial charge in [0.25, 0.3) is 0 Å². The largest absolute Gasteiger partial charge is 0.481 e. The molecule has 1 aliphatic heterocycles. The lowest BCUT2D eigenvalue weighted by Gasteiger charge is -2.43. The Bertz CT molecular complexity index is 1540. The summed E-state index contributed by atoms with van der Waals surface area (Å²) in [5.74, 6) is -0.0627. The molecule has 0 bridgehead atoms. The second-order valence-corrected chi connectivity index (χ2v) is 10.7. The number of hydrogen-bond acceptors (Lipinski definition) is 8. The van der Waals surface area contributed by atoms with Gasteiger partial charge in [-0.3, -0.25) is 9.69 Å². The van der Waals surface area contributed by atoms with E-state index in [-0.39, 0.29) is 54.5 Å². The third-order valence-electron chi connectivity index (χ3n) is 7.70. The van der Waals surface area contributed by atoms with Crippen LogP contribution in [0.4, 0.5) is 42.8 Å². The Kier molecular flexibility index (Phi) is 10.8. The fourth-order valence-electron chi connectivity index (χ4n) is 5.38. The number of hydrogen-bond donors (Lipinski definition) is 1. The Balaban J connectivity index is 1.89. The van der Waals surface area contributed by atoms with Crippen molar-refractivity contribution in [2.24, 2.45) is 0 Å². The molecule has 0 unspecified atom stereocenters. The van der Waals surface area contributed by atoms with Gasteiger partial charge in [-0.25, -0.2) is 19.7 Å². The highest BCUT2D eigenvalue weighted by Crippen LogP contribution is 2.44. The summed E-state index contributed by atoms with van der Waals surface area (Å²) in [5.41, 5.74) is -2.05. The Hall–Kier alpha value is -4.63. The molecule has 0 aliphatic carbocycles. The normalized spacial score (nSPS) is 16.3. The molecule has 0 radical (unpaired) electrons. The van der Waals surface area contributed by atoms with Crippen LogP contribution >= 0.6 is 0 Å². The molecule has 47 heavy (non-hydrogen) atoms. The molecule has 254 valence electrons. The van der Waals surface area contributed by atoms with E-state index in [1.165, 1.54) is 42.4 Å². The van der Waals surface area contributed by atoms with Gasteiger partial charge >= 0.3 is 18.4 Å². The van der Waals surface area contributed by atoms with Gasteiger partial charge in [-0.2, -0.15) is 26.3 Å². The molecule has 10 nitrogen and oxygen atoms in total. The summed E-state index contributed by atoms with van der Waals surface area (Å²) in [6, 6.07) is 3.18. The molecular formula is C31H34F6N6O4. The molecule has 0 saturated carbocycles. The minimum absolute atomic E-state index is 0.0142. The van der Waals surface area contributed by atoms with Crippen LogP contribution in [-0.4, -0.2) is 53.8 Å². The average Bonchev–Trinajstić information content (AvgIpc) is 3.04. The number of carbonyl (C=O) groups is 2. The lowest BCUT2D eigenvalue weighted by molar-refractivity contribution is -0.143. The van der Waals surface area contributed by atoms with E-state index >= 15 is 0 Å². The maximum Gasteiger partial charge on any atom is 0.416 e. The molecule has 2 aromatic heterocycles. The number of ether oxygens (including phenoxy) is 2. The van der Waals surface area contributed by atoms with Gasteiger partial charge in [-0.1, -0.05) is 6.92 Å². The smallest absolute Gasteiger partial charge is 0.416 e. The number of alkyl halides is 6. The number of nitrogens with one attached hydrogen (secondary N) is 1. The first-order valence-electron chi connectivity index (χ1n) is 14.8. The van der Waals surface area contributed by atoms with E-state index in [9.17, 15) is 35.9 Å². The van der Waals surface area contributed by atoms with Crippen molar-refractivity contribution in [1.82, 2.24) is 20.3 Å². The number of rotatable bonds is 10. The zero-order chi connectivity index (χ0) is 34.5. The van der Waals surface area contributed by atoms with Gasteiger partial charge in [0.15, 0.2) is 0 Å². The van der Waals surface area contributed by atoms with Gasteiger partial charge in [0.1, 0.15) is 0 Å². The number of carbonyl (C=O) groups excluding carboxylic acids is 2. The summed E-state index contributed by atoms with van der Waals surface area (Å²) in [4.78, 5) is 41.2. The van der Waals surface area contributed by atoms with Crippen LogP contribution in [0.25, 0.3) is 0 Å². The number of benzene rings is 1. The first kappa shape index (κ1) is 35.2. The quantitative estimate of drug-likeness (QED) is 0.244. The van der Waals surface area contributed by atoms with Crippen LogP contribution in [0.15, 0.2) is 42.7 Å². The second kappa shape index (κ2) is 14.4. The molecule has 3 heterocycles. The number of anilines is 2. The van der Waals surface area contributed by atoms with E-state index in [4.69, 9.17) is 9.47 Å². The summed E-state index contributed by atoms with van der Waals surface area (Å²) >= 11 is 0. The molecule has 3 aromatic rings. The van der Waals surface area contributed by atoms with E-state index < -0.39 is 48.2 Å². The Morgan fingerprint density at radius 3 is 2.17 bits per heavy atom. The van der Waals surface area contributed by atoms with Crippen molar-refractivity contribution < 1.29 is 45.4 Å². The molecule has 0 spiro atoms. The van der Waals surface area contributed by atoms with Crippen molar-refractivity contribution in [3.05, 3.63) is 70.7 Å². The lowest BCUT2D eigenvalue weighted by Crippen LogP contribution is -2.48. The Morgan fingerprint density at radius 2 is 1.64 bits per heavy atom. The average molecular weight is 669 g/mol. The molecule has 2 atom stereocenters. The van der Waals surface area contributed by atoms with Gasteiger partial charge < -0.3 is 19.7 Å². The van der Waals surface area contributed by atoms with Gasteiger partial charge in [-0.05, 0) is 61.6 Å². The van der Waals surface area contributed by atoms with E-state index in [2.05, 4.69) is 20.3 Å². The summed E-state index contributed by atoms with van der Waals surface area (Å²) in [6.45, 7) is 3.10. The molecule has 0 fully saturated rings. The van der Waals surface area contributed by atoms with Crippen molar-refractivity contribution in [1.29, 1.82) is 0 Å². The fraction of sp³-hybridized carbons (Fsp3) is 0.452. The number of halogens is 6. The minimum atomic E-state index is -5.05. The molecule has 1 N–H and O–H groups in total. The third-order valence-corrected chi connectivity index (χ3v) is 7.70. The highest BCUT2D eigenvalue weighted by atomic mass is 19.4. The van der Waals surface area contributed by atoms with Crippen LogP contribution in [0, 0.1) is 0 Å². The summed E-state index contributed by atoms with van der Waals surface area (Å²) in [5, 5.41) is 2.51. The number of amides is 2. The van der Waals surface area contributed by atoms with Crippen molar-refractivity contribution in [3.8, 4) is 5.88 Å². The summed E-state index contributed by atoms with van der Waals surface area (Å²) < 4.78 is 93.4. The number of methoxy groups -OCH3 is 1. The molecule has 4 rings (SSSR count). The van der Waals surface area contributed by atoms with E-state index in [0.717, 1.165) is 0 Å². The number of aryl methyl sites for hydroxylation is 1. The standard InChI is InChI=1S/C31H34F6N6O4/c1-5-22-14-24(27-23(8-10-26(41-27)46-4)43(22)29(45)47-6-2)42(28-39-15-18(16-40-28)7-9-25(44)38-3)17-19-11-20(30(32,33)34)13-21(12-19)31(35,36)37/h8,10-13,15-16,22,24H,5-7,9,14,17H2,1-4H3,(H,38,44)/t22-,24+/m1/s1. The van der Waals surface area contributed by atoms with Crippen molar-refractivity contribution in [2.75, 3.05) is 30.6 Å².